The number of amides is 1. The molecule has 1 amide bonds. The summed E-state index contributed by atoms with van der Waals surface area (Å²) in [6, 6.07) is 11.7. The summed E-state index contributed by atoms with van der Waals surface area (Å²) in [5, 5.41) is 0.466. The molecule has 27 heavy (non-hydrogen) atoms. The second-order valence-corrected chi connectivity index (χ2v) is 8.71. The molecule has 0 atom stereocenters. The van der Waals surface area contributed by atoms with Crippen LogP contribution in [0.4, 0.5) is 0 Å². The Hall–Kier alpha value is -2.09. The van der Waals surface area contributed by atoms with Gasteiger partial charge in [0.25, 0.3) is 5.91 Å². The summed E-state index contributed by atoms with van der Waals surface area (Å²) in [7, 11) is -3.25. The van der Waals surface area contributed by atoms with Crippen molar-refractivity contribution in [3.63, 3.8) is 0 Å². The van der Waals surface area contributed by atoms with Crippen molar-refractivity contribution in [2.45, 2.75) is 4.90 Å². The summed E-state index contributed by atoms with van der Waals surface area (Å²) in [6.45, 7) is 2.13. The minimum absolute atomic E-state index is 0.0766. The fraction of sp³-hybridized carbons (Fsp3) is 0.316. The molecule has 2 aromatic rings. The van der Waals surface area contributed by atoms with Gasteiger partial charge in [-0.1, -0.05) is 23.7 Å². The molecule has 0 aromatic heterocycles. The topological polar surface area (TPSA) is 72.9 Å². The molecule has 1 fully saturated rings. The van der Waals surface area contributed by atoms with Crippen molar-refractivity contribution in [1.29, 1.82) is 0 Å². The lowest BCUT2D eigenvalue weighted by molar-refractivity contribution is -0.137. The molecule has 144 valence electrons. The van der Waals surface area contributed by atoms with Crippen LogP contribution in [-0.4, -0.2) is 58.4 Å². The van der Waals surface area contributed by atoms with Crippen LogP contribution in [0.2, 0.25) is 5.02 Å². The lowest BCUT2D eigenvalue weighted by atomic mass is 10.1. The Kier molecular flexibility index (Phi) is 6.04. The SMILES string of the molecule is CS(=O)(=O)c1ccc(-c2cc(Cl)cc(OCC(=O)N3CCOCC3)c2)cc1. The Labute approximate surface area is 163 Å². The predicted octanol–water partition coefficient (Wildman–Crippen LogP) is 2.65. The van der Waals surface area contributed by atoms with Gasteiger partial charge in [0, 0.05) is 24.4 Å². The van der Waals surface area contributed by atoms with Gasteiger partial charge in [0.05, 0.1) is 18.1 Å². The average molecular weight is 410 g/mol. The summed E-state index contributed by atoms with van der Waals surface area (Å²) < 4.78 is 34.0. The van der Waals surface area contributed by atoms with E-state index in [1.54, 1.807) is 47.4 Å². The number of rotatable bonds is 5. The van der Waals surface area contributed by atoms with Gasteiger partial charge >= 0.3 is 0 Å². The molecular weight excluding hydrogens is 390 g/mol. The highest BCUT2D eigenvalue weighted by atomic mass is 35.5. The molecule has 8 heteroatoms. The first kappa shape index (κ1) is 19.7. The Balaban J connectivity index is 1.73. The molecule has 0 saturated carbocycles. The van der Waals surface area contributed by atoms with E-state index in [0.717, 1.165) is 11.1 Å². The monoisotopic (exact) mass is 409 g/mol. The number of hydrogen-bond acceptors (Lipinski definition) is 5. The van der Waals surface area contributed by atoms with Crippen LogP contribution < -0.4 is 4.74 Å². The number of benzene rings is 2. The van der Waals surface area contributed by atoms with E-state index >= 15 is 0 Å². The van der Waals surface area contributed by atoms with E-state index in [9.17, 15) is 13.2 Å². The van der Waals surface area contributed by atoms with E-state index in [2.05, 4.69) is 0 Å². The minimum atomic E-state index is -3.25. The number of nitrogens with zero attached hydrogens (tertiary/aromatic N) is 1. The molecule has 1 aliphatic rings. The zero-order chi connectivity index (χ0) is 19.4. The van der Waals surface area contributed by atoms with E-state index in [1.165, 1.54) is 6.26 Å². The third-order valence-corrected chi connectivity index (χ3v) is 5.56. The van der Waals surface area contributed by atoms with Crippen LogP contribution in [0, 0.1) is 0 Å². The number of hydrogen-bond donors (Lipinski definition) is 0. The molecule has 0 spiro atoms. The van der Waals surface area contributed by atoms with E-state index < -0.39 is 9.84 Å². The first-order chi connectivity index (χ1) is 12.8. The maximum atomic E-state index is 12.2. The number of carbonyl (C=O) groups excluding carboxylic acids is 1. The van der Waals surface area contributed by atoms with Crippen LogP contribution in [0.15, 0.2) is 47.4 Å². The first-order valence-electron chi connectivity index (χ1n) is 8.42. The Morgan fingerprint density at radius 2 is 1.78 bits per heavy atom. The smallest absolute Gasteiger partial charge is 0.260 e. The van der Waals surface area contributed by atoms with Crippen molar-refractivity contribution in [3.8, 4) is 16.9 Å². The molecule has 0 N–H and O–H groups in total. The highest BCUT2D eigenvalue weighted by Gasteiger charge is 2.17. The van der Waals surface area contributed by atoms with Crippen molar-refractivity contribution in [2.75, 3.05) is 39.2 Å². The zero-order valence-electron chi connectivity index (χ0n) is 14.9. The van der Waals surface area contributed by atoms with Gasteiger partial charge < -0.3 is 14.4 Å². The van der Waals surface area contributed by atoms with Gasteiger partial charge in [0.2, 0.25) is 0 Å². The Morgan fingerprint density at radius 3 is 2.41 bits per heavy atom. The molecule has 6 nitrogen and oxygen atoms in total. The Morgan fingerprint density at radius 1 is 1.11 bits per heavy atom. The predicted molar refractivity (Wildman–Crippen MR) is 103 cm³/mol. The highest BCUT2D eigenvalue weighted by molar-refractivity contribution is 7.90. The number of ether oxygens (including phenoxy) is 2. The fourth-order valence-electron chi connectivity index (χ4n) is 2.76. The largest absolute Gasteiger partial charge is 0.484 e. The normalized spacial score (nSPS) is 14.8. The van der Waals surface area contributed by atoms with E-state index in [0.29, 0.717) is 37.1 Å². The van der Waals surface area contributed by atoms with Gasteiger partial charge in [-0.2, -0.15) is 0 Å². The molecule has 0 radical (unpaired) electrons. The molecule has 2 aromatic carbocycles. The molecule has 0 bridgehead atoms. The number of carbonyl (C=O) groups is 1. The van der Waals surface area contributed by atoms with Crippen LogP contribution in [0.3, 0.4) is 0 Å². The molecular formula is C19H20ClNO5S. The summed E-state index contributed by atoms with van der Waals surface area (Å²) in [6.07, 6.45) is 1.17. The molecule has 1 heterocycles. The average Bonchev–Trinajstić information content (AvgIpc) is 2.66. The molecule has 0 aliphatic carbocycles. The minimum Gasteiger partial charge on any atom is -0.484 e. The summed E-state index contributed by atoms with van der Waals surface area (Å²) in [4.78, 5) is 14.2. The second kappa shape index (κ2) is 8.29. The zero-order valence-corrected chi connectivity index (χ0v) is 16.4. The van der Waals surface area contributed by atoms with Crippen molar-refractivity contribution in [2.24, 2.45) is 0 Å². The molecule has 1 aliphatic heterocycles. The van der Waals surface area contributed by atoms with Gasteiger partial charge in [0.1, 0.15) is 5.75 Å². The van der Waals surface area contributed by atoms with Gasteiger partial charge in [0.15, 0.2) is 16.4 Å². The fourth-order valence-corrected chi connectivity index (χ4v) is 3.61. The van der Waals surface area contributed by atoms with E-state index in [4.69, 9.17) is 21.1 Å². The summed E-state index contributed by atoms with van der Waals surface area (Å²) in [5.41, 5.74) is 1.57. The van der Waals surface area contributed by atoms with Gasteiger partial charge in [-0.05, 0) is 41.5 Å². The van der Waals surface area contributed by atoms with Crippen LogP contribution in [0.25, 0.3) is 11.1 Å². The maximum absolute atomic E-state index is 12.2. The van der Waals surface area contributed by atoms with Crippen molar-refractivity contribution in [1.82, 2.24) is 4.90 Å². The van der Waals surface area contributed by atoms with Crippen molar-refractivity contribution < 1.29 is 22.7 Å². The van der Waals surface area contributed by atoms with E-state index in [1.807, 2.05) is 0 Å². The molecule has 1 saturated heterocycles. The van der Waals surface area contributed by atoms with Crippen molar-refractivity contribution >= 4 is 27.3 Å². The van der Waals surface area contributed by atoms with Crippen molar-refractivity contribution in [3.05, 3.63) is 47.5 Å². The Bertz CT molecular complexity index is 922. The lowest BCUT2D eigenvalue weighted by Crippen LogP contribution is -2.42. The molecule has 3 rings (SSSR count). The number of halogens is 1. The molecule has 0 unspecified atom stereocenters. The van der Waals surface area contributed by atoms with Crippen LogP contribution in [-0.2, 0) is 19.4 Å². The first-order valence-corrected chi connectivity index (χ1v) is 10.7. The van der Waals surface area contributed by atoms with Crippen LogP contribution in [0.5, 0.6) is 5.75 Å². The standard InChI is InChI=1S/C19H20ClNO5S/c1-27(23,24)18-4-2-14(3-5-18)15-10-16(20)12-17(11-15)26-13-19(22)21-6-8-25-9-7-21/h2-5,10-12H,6-9,13H2,1H3. The van der Waals surface area contributed by atoms with Gasteiger partial charge in [-0.3, -0.25) is 4.79 Å². The van der Waals surface area contributed by atoms with Gasteiger partial charge in [-0.25, -0.2) is 8.42 Å². The quantitative estimate of drug-likeness (QED) is 0.759. The summed E-state index contributed by atoms with van der Waals surface area (Å²) >= 11 is 6.18. The third-order valence-electron chi connectivity index (χ3n) is 4.21. The highest BCUT2D eigenvalue weighted by Crippen LogP contribution is 2.29. The lowest BCUT2D eigenvalue weighted by Gasteiger charge is -2.26. The summed E-state index contributed by atoms with van der Waals surface area (Å²) in [5.74, 6) is 0.378. The second-order valence-electron chi connectivity index (χ2n) is 6.25. The third kappa shape index (κ3) is 5.22. The van der Waals surface area contributed by atoms with Crippen LogP contribution >= 0.6 is 11.6 Å². The van der Waals surface area contributed by atoms with Gasteiger partial charge in [-0.15, -0.1) is 0 Å². The van der Waals surface area contributed by atoms with Crippen LogP contribution in [0.1, 0.15) is 0 Å². The van der Waals surface area contributed by atoms with E-state index in [-0.39, 0.29) is 17.4 Å². The maximum Gasteiger partial charge on any atom is 0.260 e. The number of sulfone groups is 1. The number of morpholine rings is 1.